The minimum atomic E-state index is -0.565. The van der Waals surface area contributed by atoms with E-state index in [9.17, 15) is 4.79 Å². The van der Waals surface area contributed by atoms with E-state index in [2.05, 4.69) is 0 Å². The standard InChI is InChI=1S/C9H16O5/c1-6(11)13-8-4-3-7(5-10)14-9(8)12-2/h7-10H,3-5H2,1-2H3/t7-,8+,9-/m0/s1. The molecule has 0 spiro atoms. The van der Waals surface area contributed by atoms with Crippen molar-refractivity contribution in [3.8, 4) is 0 Å². The van der Waals surface area contributed by atoms with E-state index in [1.54, 1.807) is 0 Å². The molecule has 1 heterocycles. The second-order valence-corrected chi connectivity index (χ2v) is 3.27. The van der Waals surface area contributed by atoms with Crippen molar-refractivity contribution in [1.29, 1.82) is 0 Å². The number of carbonyl (C=O) groups is 1. The highest BCUT2D eigenvalue weighted by atomic mass is 16.7. The third-order valence-corrected chi connectivity index (χ3v) is 2.16. The van der Waals surface area contributed by atoms with Crippen LogP contribution in [-0.4, -0.2) is 43.3 Å². The fourth-order valence-electron chi connectivity index (χ4n) is 1.50. The second-order valence-electron chi connectivity index (χ2n) is 3.27. The Morgan fingerprint density at radius 3 is 2.79 bits per heavy atom. The van der Waals surface area contributed by atoms with Crippen molar-refractivity contribution in [3.63, 3.8) is 0 Å². The highest BCUT2D eigenvalue weighted by molar-refractivity contribution is 5.66. The predicted octanol–water partition coefficient (Wildman–Crippen LogP) is 0.0619. The van der Waals surface area contributed by atoms with Gasteiger partial charge in [0.25, 0.3) is 0 Å². The first kappa shape index (κ1) is 11.4. The fourth-order valence-corrected chi connectivity index (χ4v) is 1.50. The van der Waals surface area contributed by atoms with Crippen molar-refractivity contribution in [3.05, 3.63) is 0 Å². The molecule has 1 aliphatic rings. The quantitative estimate of drug-likeness (QED) is 0.659. The zero-order chi connectivity index (χ0) is 10.6. The van der Waals surface area contributed by atoms with Gasteiger partial charge in [0.1, 0.15) is 0 Å². The zero-order valence-corrected chi connectivity index (χ0v) is 8.43. The number of aliphatic hydroxyl groups is 1. The summed E-state index contributed by atoms with van der Waals surface area (Å²) in [5.41, 5.74) is 0. The van der Waals surface area contributed by atoms with Crippen LogP contribution < -0.4 is 0 Å². The molecule has 1 N–H and O–H groups in total. The van der Waals surface area contributed by atoms with Gasteiger partial charge in [0, 0.05) is 14.0 Å². The monoisotopic (exact) mass is 204 g/mol. The maximum absolute atomic E-state index is 10.7. The molecule has 14 heavy (non-hydrogen) atoms. The molecule has 0 bridgehead atoms. The lowest BCUT2D eigenvalue weighted by Gasteiger charge is -2.33. The summed E-state index contributed by atoms with van der Waals surface area (Å²) in [7, 11) is 1.49. The lowest BCUT2D eigenvalue weighted by Crippen LogP contribution is -2.43. The van der Waals surface area contributed by atoms with E-state index in [1.807, 2.05) is 0 Å². The van der Waals surface area contributed by atoms with Crippen LogP contribution >= 0.6 is 0 Å². The van der Waals surface area contributed by atoms with E-state index in [0.717, 1.165) is 0 Å². The summed E-state index contributed by atoms with van der Waals surface area (Å²) in [5, 5.41) is 8.88. The van der Waals surface area contributed by atoms with E-state index >= 15 is 0 Å². The van der Waals surface area contributed by atoms with Crippen LogP contribution in [0.4, 0.5) is 0 Å². The number of ether oxygens (including phenoxy) is 3. The average Bonchev–Trinajstić information content (AvgIpc) is 2.17. The third kappa shape index (κ3) is 2.94. The highest BCUT2D eigenvalue weighted by Gasteiger charge is 2.33. The molecule has 0 aliphatic carbocycles. The Bertz CT molecular complexity index is 194. The Morgan fingerprint density at radius 1 is 1.57 bits per heavy atom. The van der Waals surface area contributed by atoms with Crippen molar-refractivity contribution < 1.29 is 24.1 Å². The van der Waals surface area contributed by atoms with Crippen LogP contribution in [0.1, 0.15) is 19.8 Å². The number of aliphatic hydroxyl groups excluding tert-OH is 1. The molecule has 1 saturated heterocycles. The molecule has 0 amide bonds. The molecule has 0 aromatic carbocycles. The van der Waals surface area contributed by atoms with E-state index in [-0.39, 0.29) is 24.8 Å². The topological polar surface area (TPSA) is 65.0 Å². The number of rotatable bonds is 3. The van der Waals surface area contributed by atoms with Gasteiger partial charge in [0.2, 0.25) is 0 Å². The Hall–Kier alpha value is -0.650. The molecule has 0 saturated carbocycles. The number of hydrogen-bond acceptors (Lipinski definition) is 5. The van der Waals surface area contributed by atoms with Crippen LogP contribution in [0.3, 0.4) is 0 Å². The number of methoxy groups -OCH3 is 1. The molecule has 0 radical (unpaired) electrons. The molecule has 0 unspecified atom stereocenters. The first-order valence-corrected chi connectivity index (χ1v) is 4.63. The zero-order valence-electron chi connectivity index (χ0n) is 8.43. The minimum Gasteiger partial charge on any atom is -0.457 e. The minimum absolute atomic E-state index is 0.0351. The van der Waals surface area contributed by atoms with Gasteiger partial charge < -0.3 is 19.3 Å². The molecular weight excluding hydrogens is 188 g/mol. The van der Waals surface area contributed by atoms with Crippen molar-refractivity contribution in [2.24, 2.45) is 0 Å². The summed E-state index contributed by atoms with van der Waals surface area (Å²) in [6.07, 6.45) is 0.189. The lowest BCUT2D eigenvalue weighted by atomic mass is 10.1. The van der Waals surface area contributed by atoms with Crippen molar-refractivity contribution in [2.45, 2.75) is 38.3 Å². The van der Waals surface area contributed by atoms with Gasteiger partial charge in [-0.2, -0.15) is 0 Å². The number of esters is 1. The Morgan fingerprint density at radius 2 is 2.29 bits per heavy atom. The van der Waals surface area contributed by atoms with E-state index in [1.165, 1.54) is 14.0 Å². The van der Waals surface area contributed by atoms with Gasteiger partial charge in [-0.25, -0.2) is 0 Å². The largest absolute Gasteiger partial charge is 0.457 e. The Kier molecular flexibility index (Phi) is 4.31. The van der Waals surface area contributed by atoms with Crippen LogP contribution in [0.25, 0.3) is 0 Å². The molecule has 5 heteroatoms. The Labute approximate surface area is 82.9 Å². The molecule has 1 aliphatic heterocycles. The number of hydrogen-bond donors (Lipinski definition) is 1. The summed E-state index contributed by atoms with van der Waals surface area (Å²) < 4.78 is 15.4. The molecule has 0 aromatic heterocycles. The van der Waals surface area contributed by atoms with E-state index in [0.29, 0.717) is 12.8 Å². The van der Waals surface area contributed by atoms with Crippen molar-refractivity contribution in [1.82, 2.24) is 0 Å². The maximum Gasteiger partial charge on any atom is 0.303 e. The van der Waals surface area contributed by atoms with Gasteiger partial charge in [0.15, 0.2) is 12.4 Å². The van der Waals surface area contributed by atoms with Gasteiger partial charge in [-0.05, 0) is 12.8 Å². The molecule has 1 fully saturated rings. The molecule has 82 valence electrons. The van der Waals surface area contributed by atoms with E-state index in [4.69, 9.17) is 19.3 Å². The van der Waals surface area contributed by atoms with Crippen LogP contribution in [0, 0.1) is 0 Å². The molecule has 0 aromatic rings. The van der Waals surface area contributed by atoms with Gasteiger partial charge in [-0.3, -0.25) is 4.79 Å². The summed E-state index contributed by atoms with van der Waals surface area (Å²) in [6.45, 7) is 1.32. The molecule has 1 rings (SSSR count). The molecule has 3 atom stereocenters. The molecular formula is C9H16O5. The van der Waals surface area contributed by atoms with E-state index < -0.39 is 6.29 Å². The van der Waals surface area contributed by atoms with Crippen LogP contribution in [-0.2, 0) is 19.0 Å². The maximum atomic E-state index is 10.7. The normalized spacial score (nSPS) is 32.6. The smallest absolute Gasteiger partial charge is 0.303 e. The first-order chi connectivity index (χ1) is 6.67. The van der Waals surface area contributed by atoms with Crippen LogP contribution in [0.15, 0.2) is 0 Å². The SMILES string of the molecule is CO[C@H]1O[C@H](CO)CC[C@H]1OC(C)=O. The summed E-state index contributed by atoms with van der Waals surface area (Å²) in [4.78, 5) is 10.7. The lowest BCUT2D eigenvalue weighted by molar-refractivity contribution is -0.242. The van der Waals surface area contributed by atoms with Crippen LogP contribution in [0.2, 0.25) is 0 Å². The van der Waals surface area contributed by atoms with Crippen LogP contribution in [0.5, 0.6) is 0 Å². The first-order valence-electron chi connectivity index (χ1n) is 4.63. The van der Waals surface area contributed by atoms with Gasteiger partial charge in [0.05, 0.1) is 12.7 Å². The summed E-state index contributed by atoms with van der Waals surface area (Å²) in [6, 6.07) is 0. The predicted molar refractivity (Wildman–Crippen MR) is 47.5 cm³/mol. The Balaban J connectivity index is 2.47. The molecule has 5 nitrogen and oxygen atoms in total. The van der Waals surface area contributed by atoms with Gasteiger partial charge in [-0.1, -0.05) is 0 Å². The second kappa shape index (κ2) is 5.29. The summed E-state index contributed by atoms with van der Waals surface area (Å²) >= 11 is 0. The van der Waals surface area contributed by atoms with Gasteiger partial charge >= 0.3 is 5.97 Å². The average molecular weight is 204 g/mol. The van der Waals surface area contributed by atoms with Crippen molar-refractivity contribution >= 4 is 5.97 Å². The number of carbonyl (C=O) groups excluding carboxylic acids is 1. The van der Waals surface area contributed by atoms with Crippen molar-refractivity contribution in [2.75, 3.05) is 13.7 Å². The highest BCUT2D eigenvalue weighted by Crippen LogP contribution is 2.22. The fraction of sp³-hybridized carbons (Fsp3) is 0.889. The summed E-state index contributed by atoms with van der Waals surface area (Å²) in [5.74, 6) is -0.344. The van der Waals surface area contributed by atoms with Gasteiger partial charge in [-0.15, -0.1) is 0 Å². The third-order valence-electron chi connectivity index (χ3n) is 2.16.